The van der Waals surface area contributed by atoms with Gasteiger partial charge < -0.3 is 5.32 Å². The fourth-order valence-electron chi connectivity index (χ4n) is 4.34. The van der Waals surface area contributed by atoms with E-state index < -0.39 is 0 Å². The molecule has 3 heteroatoms. The van der Waals surface area contributed by atoms with Gasteiger partial charge in [0.2, 0.25) is 5.91 Å². The van der Waals surface area contributed by atoms with Gasteiger partial charge >= 0.3 is 0 Å². The summed E-state index contributed by atoms with van der Waals surface area (Å²) in [6.45, 7) is 4.39. The minimum atomic E-state index is 0.363. The van der Waals surface area contributed by atoms with E-state index in [-0.39, 0.29) is 0 Å². The average molecular weight is 347 g/mol. The molecule has 5 atom stereocenters. The van der Waals surface area contributed by atoms with Crippen LogP contribution in [0.25, 0.3) is 0 Å². The van der Waals surface area contributed by atoms with Crippen molar-refractivity contribution in [1.82, 2.24) is 5.32 Å². The van der Waals surface area contributed by atoms with E-state index in [1.807, 2.05) is 0 Å². The van der Waals surface area contributed by atoms with Gasteiger partial charge in [-0.25, -0.2) is 0 Å². The molecule has 0 aromatic heterocycles. The molecule has 2 nitrogen and oxygen atoms in total. The van der Waals surface area contributed by atoms with Crippen LogP contribution in [0, 0.1) is 35.5 Å². The van der Waals surface area contributed by atoms with Crippen LogP contribution in [0.3, 0.4) is 0 Å². The fraction of sp³-hybridized carbons (Fsp3) is 0.929. The average Bonchev–Trinajstić information content (AvgIpc) is 2.75. The number of amides is 1. The quantitative estimate of drug-likeness (QED) is 0.615. The van der Waals surface area contributed by atoms with Crippen molar-refractivity contribution in [1.29, 1.82) is 0 Å². The van der Waals surface area contributed by atoms with E-state index in [4.69, 9.17) is 0 Å². The van der Waals surface area contributed by atoms with Gasteiger partial charge in [-0.2, -0.15) is 0 Å². The summed E-state index contributed by atoms with van der Waals surface area (Å²) in [6.07, 6.45) is 4.23. The van der Waals surface area contributed by atoms with Crippen LogP contribution in [0.4, 0.5) is 0 Å². The smallest absolute Gasteiger partial charge is 0.223 e. The third-order valence-corrected chi connectivity index (χ3v) is 6.29. The largest absolute Gasteiger partial charge is 0.352 e. The third-order valence-electron chi connectivity index (χ3n) is 5.34. The van der Waals surface area contributed by atoms with E-state index in [0.29, 0.717) is 23.8 Å². The lowest BCUT2D eigenvalue weighted by Gasteiger charge is -2.21. The molecule has 3 fully saturated rings. The second kappa shape index (κ2) is 4.39. The molecular formula is C14H22INO. The summed E-state index contributed by atoms with van der Waals surface area (Å²) in [5.41, 5.74) is 0. The van der Waals surface area contributed by atoms with Crippen LogP contribution < -0.4 is 5.32 Å². The van der Waals surface area contributed by atoms with Gasteiger partial charge in [-0.15, -0.1) is 0 Å². The number of hydrogen-bond acceptors (Lipinski definition) is 1. The Kier molecular flexibility index (Phi) is 3.16. The molecule has 0 heterocycles. The van der Waals surface area contributed by atoms with Crippen LogP contribution in [-0.2, 0) is 4.79 Å². The summed E-state index contributed by atoms with van der Waals surface area (Å²) in [4.78, 5) is 12.3. The van der Waals surface area contributed by atoms with E-state index >= 15 is 0 Å². The van der Waals surface area contributed by atoms with Crippen molar-refractivity contribution < 1.29 is 4.79 Å². The molecule has 17 heavy (non-hydrogen) atoms. The Labute approximate surface area is 117 Å². The van der Waals surface area contributed by atoms with Crippen molar-refractivity contribution in [2.24, 2.45) is 35.5 Å². The second-order valence-corrected chi connectivity index (χ2v) is 7.41. The molecule has 0 aliphatic heterocycles. The topological polar surface area (TPSA) is 29.1 Å². The number of carbonyl (C=O) groups is 1. The van der Waals surface area contributed by atoms with E-state index in [2.05, 4.69) is 41.8 Å². The first-order chi connectivity index (χ1) is 8.13. The van der Waals surface area contributed by atoms with Crippen LogP contribution in [0.1, 0.15) is 33.1 Å². The molecule has 1 N–H and O–H groups in total. The van der Waals surface area contributed by atoms with Crippen molar-refractivity contribution in [2.45, 2.75) is 39.2 Å². The van der Waals surface area contributed by atoms with Gasteiger partial charge in [0.1, 0.15) is 0 Å². The van der Waals surface area contributed by atoms with Crippen molar-refractivity contribution in [3.05, 3.63) is 0 Å². The number of rotatable bonds is 4. The zero-order valence-corrected chi connectivity index (χ0v) is 12.8. The van der Waals surface area contributed by atoms with E-state index in [1.165, 1.54) is 19.3 Å². The molecular weight excluding hydrogens is 325 g/mol. The third kappa shape index (κ3) is 1.92. The molecule has 3 aliphatic rings. The van der Waals surface area contributed by atoms with Gasteiger partial charge in [0, 0.05) is 16.4 Å². The zero-order chi connectivity index (χ0) is 12.2. The van der Waals surface area contributed by atoms with E-state index in [0.717, 1.165) is 28.1 Å². The molecule has 3 rings (SSSR count). The highest BCUT2D eigenvalue weighted by atomic mass is 127. The molecule has 2 bridgehead atoms. The maximum absolute atomic E-state index is 12.3. The van der Waals surface area contributed by atoms with Gasteiger partial charge in [0.25, 0.3) is 0 Å². The maximum Gasteiger partial charge on any atom is 0.223 e. The molecule has 0 aromatic rings. The fourth-order valence-corrected chi connectivity index (χ4v) is 5.58. The maximum atomic E-state index is 12.3. The monoisotopic (exact) mass is 347 g/mol. The number of alkyl halides is 1. The van der Waals surface area contributed by atoms with Crippen LogP contribution in [0.2, 0.25) is 0 Å². The number of nitrogens with one attached hydrogen (secondary N) is 1. The second-order valence-electron chi connectivity index (χ2n) is 6.53. The lowest BCUT2D eigenvalue weighted by atomic mass is 10.0. The van der Waals surface area contributed by atoms with Crippen molar-refractivity contribution in [3.63, 3.8) is 0 Å². The minimum absolute atomic E-state index is 0.363. The van der Waals surface area contributed by atoms with Crippen LogP contribution >= 0.6 is 22.6 Å². The lowest BCUT2D eigenvalue weighted by molar-refractivity contribution is -0.124. The Morgan fingerprint density at radius 2 is 1.88 bits per heavy atom. The Morgan fingerprint density at radius 3 is 2.35 bits per heavy atom. The van der Waals surface area contributed by atoms with Crippen LogP contribution in [0.15, 0.2) is 0 Å². The number of hydrogen-bond donors (Lipinski definition) is 1. The Morgan fingerprint density at radius 1 is 1.29 bits per heavy atom. The highest BCUT2D eigenvalue weighted by Gasteiger charge is 2.67. The Balaban J connectivity index is 1.58. The summed E-state index contributed by atoms with van der Waals surface area (Å²) in [6, 6.07) is 0.363. The first-order valence-corrected chi connectivity index (χ1v) is 8.52. The number of fused-ring (bicyclic) bond motifs is 5. The zero-order valence-electron chi connectivity index (χ0n) is 10.7. The molecule has 5 unspecified atom stereocenters. The van der Waals surface area contributed by atoms with Gasteiger partial charge in [-0.05, 0) is 48.9 Å². The summed E-state index contributed by atoms with van der Waals surface area (Å²) in [5.74, 6) is 4.66. The minimum Gasteiger partial charge on any atom is -0.352 e. The summed E-state index contributed by atoms with van der Waals surface area (Å²) < 4.78 is 1.02. The van der Waals surface area contributed by atoms with Crippen molar-refractivity contribution in [3.8, 4) is 0 Å². The summed E-state index contributed by atoms with van der Waals surface area (Å²) >= 11 is 2.38. The molecule has 3 aliphatic carbocycles. The van der Waals surface area contributed by atoms with Gasteiger partial charge in [-0.3, -0.25) is 4.79 Å². The van der Waals surface area contributed by atoms with Gasteiger partial charge in [0.05, 0.1) is 0 Å². The predicted molar refractivity (Wildman–Crippen MR) is 77.0 cm³/mol. The summed E-state index contributed by atoms with van der Waals surface area (Å²) in [7, 11) is 0. The van der Waals surface area contributed by atoms with Crippen LogP contribution in [-0.4, -0.2) is 16.4 Å². The molecule has 3 saturated carbocycles. The predicted octanol–water partition coefficient (Wildman–Crippen LogP) is 2.85. The van der Waals surface area contributed by atoms with Crippen molar-refractivity contribution >= 4 is 28.5 Å². The Bertz CT molecular complexity index is 314. The highest BCUT2D eigenvalue weighted by Crippen LogP contribution is 2.69. The number of carbonyl (C=O) groups excluding carboxylic acids is 1. The SMILES string of the molecule is CC(C)C(CI)NC(=O)C1C2C3CCC(C3)C12. The summed E-state index contributed by atoms with van der Waals surface area (Å²) in [5, 5.41) is 3.28. The normalized spacial score (nSPS) is 43.6. The van der Waals surface area contributed by atoms with E-state index in [1.54, 1.807) is 0 Å². The molecule has 1 amide bonds. The standard InChI is InChI=1S/C14H22INO/c1-7(2)10(6-15)16-14(17)13-11-8-3-4-9(5-8)12(11)13/h7-13H,3-6H2,1-2H3,(H,16,17). The van der Waals surface area contributed by atoms with E-state index in [9.17, 15) is 4.79 Å². The van der Waals surface area contributed by atoms with Gasteiger partial charge in [-0.1, -0.05) is 36.4 Å². The van der Waals surface area contributed by atoms with Crippen LogP contribution in [0.5, 0.6) is 0 Å². The first kappa shape index (κ1) is 12.2. The molecule has 96 valence electrons. The Hall–Kier alpha value is 0.200. The molecule has 0 saturated heterocycles. The molecule has 0 spiro atoms. The highest BCUT2D eigenvalue weighted by molar-refractivity contribution is 14.1. The molecule has 0 aromatic carbocycles. The first-order valence-electron chi connectivity index (χ1n) is 6.99. The number of halogens is 1. The van der Waals surface area contributed by atoms with Crippen molar-refractivity contribution in [2.75, 3.05) is 4.43 Å². The lowest BCUT2D eigenvalue weighted by Crippen LogP contribution is -2.41. The molecule has 0 radical (unpaired) electrons. The van der Waals surface area contributed by atoms with Gasteiger partial charge in [0.15, 0.2) is 0 Å².